The molecule has 0 spiro atoms. The molecule has 3 heteroatoms. The van der Waals surface area contributed by atoms with Gasteiger partial charge in [0.15, 0.2) is 0 Å². The predicted molar refractivity (Wildman–Crippen MR) is 82.1 cm³/mol. The minimum atomic E-state index is 0.312. The second-order valence-electron chi connectivity index (χ2n) is 5.51. The van der Waals surface area contributed by atoms with Gasteiger partial charge in [-0.05, 0) is 36.5 Å². The van der Waals surface area contributed by atoms with E-state index in [4.69, 9.17) is 11.2 Å². The molecule has 1 aromatic carbocycles. The molecule has 0 radical (unpaired) electrons. The zero-order valence-electron chi connectivity index (χ0n) is 11.3. The summed E-state index contributed by atoms with van der Waals surface area (Å²) in [5, 5.41) is 3.54. The first kappa shape index (κ1) is 14.4. The lowest BCUT2D eigenvalue weighted by atomic mass is 9.70. The van der Waals surface area contributed by atoms with Gasteiger partial charge in [-0.2, -0.15) is 0 Å². The van der Waals surface area contributed by atoms with Crippen molar-refractivity contribution in [1.29, 1.82) is 0 Å². The smallest absolute Gasteiger partial charge is 0.148 e. The normalized spacial score (nSPS) is 16.5. The van der Waals surface area contributed by atoms with E-state index in [2.05, 4.69) is 40.2 Å². The topological polar surface area (TPSA) is 21.3 Å². The van der Waals surface area contributed by atoms with Crippen molar-refractivity contribution in [3.63, 3.8) is 0 Å². The van der Waals surface area contributed by atoms with Crippen molar-refractivity contribution >= 4 is 15.9 Å². The Morgan fingerprint density at radius 2 is 2.26 bits per heavy atom. The second kappa shape index (κ2) is 6.45. The van der Waals surface area contributed by atoms with Crippen molar-refractivity contribution in [2.75, 3.05) is 13.2 Å². The van der Waals surface area contributed by atoms with Gasteiger partial charge in [0.25, 0.3) is 0 Å². The number of hydrogen-bond acceptors (Lipinski definition) is 2. The highest BCUT2D eigenvalue weighted by Gasteiger charge is 2.30. The molecule has 2 rings (SSSR count). The van der Waals surface area contributed by atoms with Gasteiger partial charge in [-0.25, -0.2) is 0 Å². The fourth-order valence-corrected chi connectivity index (χ4v) is 2.81. The second-order valence-corrected chi connectivity index (χ2v) is 6.43. The molecular weight excluding hydrogens is 302 g/mol. The summed E-state index contributed by atoms with van der Waals surface area (Å²) in [5.74, 6) is 3.37. The van der Waals surface area contributed by atoms with Crippen LogP contribution in [0.5, 0.6) is 5.75 Å². The summed E-state index contributed by atoms with van der Waals surface area (Å²) >= 11 is 3.50. The van der Waals surface area contributed by atoms with Gasteiger partial charge in [0.1, 0.15) is 12.4 Å². The molecule has 1 saturated carbocycles. The van der Waals surface area contributed by atoms with Gasteiger partial charge in [-0.15, -0.1) is 6.42 Å². The Morgan fingerprint density at radius 1 is 1.47 bits per heavy atom. The molecule has 0 aromatic heterocycles. The summed E-state index contributed by atoms with van der Waals surface area (Å²) in [5.41, 5.74) is 1.64. The van der Waals surface area contributed by atoms with Crippen molar-refractivity contribution in [3.8, 4) is 18.1 Å². The monoisotopic (exact) mass is 321 g/mol. The maximum atomic E-state index is 5.57. The molecule has 1 aliphatic rings. The van der Waals surface area contributed by atoms with Gasteiger partial charge in [0.2, 0.25) is 0 Å². The van der Waals surface area contributed by atoms with Crippen molar-refractivity contribution in [2.45, 2.75) is 32.7 Å². The Balaban J connectivity index is 1.93. The molecule has 0 aliphatic heterocycles. The van der Waals surface area contributed by atoms with E-state index in [9.17, 15) is 0 Å². The molecule has 1 fully saturated rings. The zero-order chi connectivity index (χ0) is 13.7. The van der Waals surface area contributed by atoms with E-state index in [0.29, 0.717) is 12.0 Å². The van der Waals surface area contributed by atoms with Gasteiger partial charge in [0.05, 0.1) is 0 Å². The van der Waals surface area contributed by atoms with E-state index in [1.54, 1.807) is 0 Å². The van der Waals surface area contributed by atoms with Crippen molar-refractivity contribution < 1.29 is 4.74 Å². The van der Waals surface area contributed by atoms with Crippen molar-refractivity contribution in [2.24, 2.45) is 5.41 Å². The molecule has 1 aromatic rings. The summed E-state index contributed by atoms with van der Waals surface area (Å²) < 4.78 is 6.63. The summed E-state index contributed by atoms with van der Waals surface area (Å²) in [6.45, 7) is 4.54. The fraction of sp³-hybridized carbons (Fsp3) is 0.500. The van der Waals surface area contributed by atoms with Gasteiger partial charge in [-0.3, -0.25) is 0 Å². The van der Waals surface area contributed by atoms with Crippen LogP contribution in [-0.4, -0.2) is 13.2 Å². The van der Waals surface area contributed by atoms with Crippen molar-refractivity contribution in [3.05, 3.63) is 28.2 Å². The Hall–Kier alpha value is -0.980. The number of hydrogen-bond donors (Lipinski definition) is 1. The third-order valence-electron chi connectivity index (χ3n) is 3.76. The maximum Gasteiger partial charge on any atom is 0.148 e. The van der Waals surface area contributed by atoms with Crippen LogP contribution in [0.1, 0.15) is 31.7 Å². The number of benzene rings is 1. The van der Waals surface area contributed by atoms with Gasteiger partial charge >= 0.3 is 0 Å². The van der Waals surface area contributed by atoms with E-state index < -0.39 is 0 Å². The number of terminal acetylenes is 1. The predicted octanol–water partition coefficient (Wildman–Crippen LogP) is 3.74. The lowest BCUT2D eigenvalue weighted by Gasteiger charge is -2.38. The number of ether oxygens (including phenoxy) is 1. The average molecular weight is 322 g/mol. The van der Waals surface area contributed by atoms with E-state index in [-0.39, 0.29) is 0 Å². The van der Waals surface area contributed by atoms with E-state index in [0.717, 1.165) is 28.9 Å². The zero-order valence-corrected chi connectivity index (χ0v) is 12.9. The first-order valence-electron chi connectivity index (χ1n) is 6.68. The van der Waals surface area contributed by atoms with E-state index in [1.807, 2.05) is 12.1 Å². The van der Waals surface area contributed by atoms with Gasteiger partial charge in [-0.1, -0.05) is 35.2 Å². The minimum absolute atomic E-state index is 0.312. The Labute approximate surface area is 124 Å². The quantitative estimate of drug-likeness (QED) is 0.806. The summed E-state index contributed by atoms with van der Waals surface area (Å²) in [6.07, 6.45) is 9.27. The van der Waals surface area contributed by atoms with Crippen LogP contribution in [0.25, 0.3) is 0 Å². The van der Waals surface area contributed by atoms with Crippen LogP contribution in [0.15, 0.2) is 22.7 Å². The molecule has 1 N–H and O–H groups in total. The van der Waals surface area contributed by atoms with Crippen LogP contribution < -0.4 is 10.1 Å². The largest absolute Gasteiger partial charge is 0.481 e. The molecule has 0 bridgehead atoms. The molecular formula is C16H20BrNO. The highest BCUT2D eigenvalue weighted by atomic mass is 79.9. The SMILES string of the molecule is C#CCOc1ccc(Br)cc1CNCC1(C)CCC1. The molecule has 0 saturated heterocycles. The fourth-order valence-electron chi connectivity index (χ4n) is 2.40. The van der Waals surface area contributed by atoms with Gasteiger partial charge < -0.3 is 10.1 Å². The Kier molecular flexibility index (Phi) is 4.90. The van der Waals surface area contributed by atoms with Gasteiger partial charge in [0, 0.05) is 23.1 Å². The van der Waals surface area contributed by atoms with Crippen molar-refractivity contribution in [1.82, 2.24) is 5.32 Å². The van der Waals surface area contributed by atoms with Crippen LogP contribution >= 0.6 is 15.9 Å². The Morgan fingerprint density at radius 3 is 2.89 bits per heavy atom. The lowest BCUT2D eigenvalue weighted by molar-refractivity contribution is 0.156. The third kappa shape index (κ3) is 3.99. The summed E-state index contributed by atoms with van der Waals surface area (Å²) in [6, 6.07) is 6.02. The number of halogens is 1. The molecule has 0 unspecified atom stereocenters. The van der Waals surface area contributed by atoms with E-state index >= 15 is 0 Å². The highest BCUT2D eigenvalue weighted by molar-refractivity contribution is 9.10. The molecule has 2 nitrogen and oxygen atoms in total. The first-order chi connectivity index (χ1) is 9.13. The molecule has 0 atom stereocenters. The van der Waals surface area contributed by atoms with Crippen LogP contribution in [0.4, 0.5) is 0 Å². The maximum absolute atomic E-state index is 5.57. The lowest BCUT2D eigenvalue weighted by Crippen LogP contribution is -2.37. The van der Waals surface area contributed by atoms with Crippen LogP contribution in [0, 0.1) is 17.8 Å². The Bertz CT molecular complexity index is 474. The van der Waals surface area contributed by atoms with E-state index in [1.165, 1.54) is 19.3 Å². The average Bonchev–Trinajstić information content (AvgIpc) is 2.36. The first-order valence-corrected chi connectivity index (χ1v) is 7.48. The highest BCUT2D eigenvalue weighted by Crippen LogP contribution is 2.39. The van der Waals surface area contributed by atoms with Crippen LogP contribution in [0.2, 0.25) is 0 Å². The van der Waals surface area contributed by atoms with Crippen LogP contribution in [-0.2, 0) is 6.54 Å². The standard InChI is InChI=1S/C16H20BrNO/c1-3-9-19-15-6-5-14(17)10-13(15)11-18-12-16(2)7-4-8-16/h1,5-6,10,18H,4,7-9,11-12H2,2H3. The molecule has 0 heterocycles. The third-order valence-corrected chi connectivity index (χ3v) is 4.25. The summed E-state index contributed by atoms with van der Waals surface area (Å²) in [4.78, 5) is 0. The number of rotatable bonds is 6. The molecule has 102 valence electrons. The molecule has 1 aliphatic carbocycles. The summed E-state index contributed by atoms with van der Waals surface area (Å²) in [7, 11) is 0. The molecule has 19 heavy (non-hydrogen) atoms. The van der Waals surface area contributed by atoms with Crippen LogP contribution in [0.3, 0.4) is 0 Å². The number of nitrogens with one attached hydrogen (secondary N) is 1. The molecule has 0 amide bonds. The minimum Gasteiger partial charge on any atom is -0.481 e.